The Morgan fingerprint density at radius 1 is 1.43 bits per heavy atom. The van der Waals surface area contributed by atoms with Crippen LogP contribution >= 0.6 is 0 Å². The van der Waals surface area contributed by atoms with Crippen LogP contribution in [0.25, 0.3) is 0 Å². The molecule has 2 aliphatic heterocycles. The summed E-state index contributed by atoms with van der Waals surface area (Å²) in [6.07, 6.45) is 0.937. The summed E-state index contributed by atoms with van der Waals surface area (Å²) in [5.74, 6) is -0.641. The van der Waals surface area contributed by atoms with Crippen molar-refractivity contribution in [3.05, 3.63) is 22.1 Å². The van der Waals surface area contributed by atoms with Gasteiger partial charge in [-0.1, -0.05) is 0 Å². The van der Waals surface area contributed by atoms with Crippen molar-refractivity contribution in [2.45, 2.75) is 25.7 Å². The van der Waals surface area contributed by atoms with Crippen molar-refractivity contribution in [1.29, 1.82) is 0 Å². The topological polar surface area (TPSA) is 87.1 Å². The van der Waals surface area contributed by atoms with E-state index in [-0.39, 0.29) is 35.6 Å². The van der Waals surface area contributed by atoms with Gasteiger partial charge in [0.25, 0.3) is 17.8 Å². The van der Waals surface area contributed by atoms with Crippen LogP contribution in [0, 0.1) is 0 Å². The van der Waals surface area contributed by atoms with E-state index in [1.165, 1.54) is 17.9 Å². The van der Waals surface area contributed by atoms with Crippen molar-refractivity contribution in [2.75, 3.05) is 13.7 Å². The first-order valence-electron chi connectivity index (χ1n) is 6.44. The minimum atomic E-state index is -0.629. The van der Waals surface area contributed by atoms with E-state index < -0.39 is 11.7 Å². The second-order valence-corrected chi connectivity index (χ2v) is 4.92. The first-order valence-corrected chi connectivity index (χ1v) is 6.44. The second-order valence-electron chi connectivity index (χ2n) is 4.92. The number of aromatic nitrogens is 1. The Bertz CT molecular complexity index is 667. The van der Waals surface area contributed by atoms with Crippen molar-refractivity contribution in [2.24, 2.45) is 0 Å². The molecule has 1 amide bonds. The van der Waals surface area contributed by atoms with Crippen LogP contribution in [0.5, 0.6) is 11.5 Å². The molecule has 1 aromatic heterocycles. The molecule has 0 radical (unpaired) electrons. The molecule has 2 atom stereocenters. The van der Waals surface area contributed by atoms with E-state index in [0.29, 0.717) is 13.2 Å². The molecule has 8 nitrogen and oxygen atoms in total. The van der Waals surface area contributed by atoms with Crippen LogP contribution in [0.15, 0.2) is 11.0 Å². The molecule has 0 bridgehead atoms. The van der Waals surface area contributed by atoms with Gasteiger partial charge in [0.1, 0.15) is 0 Å². The lowest BCUT2D eigenvalue weighted by Crippen LogP contribution is -2.48. The van der Waals surface area contributed by atoms with Gasteiger partial charge in [0.05, 0.1) is 32.5 Å². The minimum Gasteiger partial charge on any atom is -0.490 e. The largest absolute Gasteiger partial charge is 0.490 e. The summed E-state index contributed by atoms with van der Waals surface area (Å²) in [4.78, 5) is 36.8. The molecule has 0 spiro atoms. The zero-order valence-corrected chi connectivity index (χ0v) is 11.6. The summed E-state index contributed by atoms with van der Waals surface area (Å²) in [5.41, 5.74) is -0.482. The van der Waals surface area contributed by atoms with E-state index in [1.54, 1.807) is 4.90 Å². The van der Waals surface area contributed by atoms with Crippen molar-refractivity contribution in [3.8, 4) is 11.5 Å². The summed E-state index contributed by atoms with van der Waals surface area (Å²) in [6.45, 7) is 2.82. The smallest absolute Gasteiger partial charge is 0.298 e. The fourth-order valence-electron chi connectivity index (χ4n) is 2.76. The molecule has 8 heteroatoms. The summed E-state index contributed by atoms with van der Waals surface area (Å²) < 4.78 is 16.8. The second kappa shape index (κ2) is 4.88. The SMILES string of the molecule is COc1c2n(cc(OC=O)c1=O)C[C@H]1OC[C@H](C)N1C2=O. The molecule has 0 saturated carbocycles. The van der Waals surface area contributed by atoms with Crippen molar-refractivity contribution < 1.29 is 23.8 Å². The number of methoxy groups -OCH3 is 1. The van der Waals surface area contributed by atoms with Gasteiger partial charge in [0.15, 0.2) is 23.4 Å². The molecule has 1 saturated heterocycles. The number of amides is 1. The fourth-order valence-corrected chi connectivity index (χ4v) is 2.76. The highest BCUT2D eigenvalue weighted by molar-refractivity contribution is 5.96. The molecule has 3 rings (SSSR count). The third-order valence-corrected chi connectivity index (χ3v) is 3.69. The number of pyridine rings is 1. The highest BCUT2D eigenvalue weighted by Crippen LogP contribution is 2.30. The predicted octanol–water partition coefficient (Wildman–Crippen LogP) is -0.407. The molecule has 21 heavy (non-hydrogen) atoms. The molecule has 0 aliphatic carbocycles. The van der Waals surface area contributed by atoms with E-state index >= 15 is 0 Å². The Balaban J connectivity index is 2.18. The Kier molecular flexibility index (Phi) is 3.17. The maximum atomic E-state index is 12.6. The third-order valence-electron chi connectivity index (χ3n) is 3.69. The minimum absolute atomic E-state index is 0.0676. The predicted molar refractivity (Wildman–Crippen MR) is 69.3 cm³/mol. The van der Waals surface area contributed by atoms with Crippen LogP contribution in [0.2, 0.25) is 0 Å². The van der Waals surface area contributed by atoms with E-state index in [9.17, 15) is 14.4 Å². The highest BCUT2D eigenvalue weighted by Gasteiger charge is 2.42. The van der Waals surface area contributed by atoms with Crippen LogP contribution in [-0.4, -0.2) is 47.8 Å². The van der Waals surface area contributed by atoms with Gasteiger partial charge in [0.2, 0.25) is 0 Å². The van der Waals surface area contributed by atoms with Gasteiger partial charge >= 0.3 is 0 Å². The van der Waals surface area contributed by atoms with Crippen molar-refractivity contribution in [3.63, 3.8) is 0 Å². The molecule has 1 aromatic rings. The Morgan fingerprint density at radius 3 is 2.86 bits per heavy atom. The maximum Gasteiger partial charge on any atom is 0.298 e. The number of hydrogen-bond donors (Lipinski definition) is 0. The van der Waals surface area contributed by atoms with Crippen LogP contribution in [-0.2, 0) is 16.1 Å². The Hall–Kier alpha value is -2.35. The zero-order valence-electron chi connectivity index (χ0n) is 11.6. The summed E-state index contributed by atoms with van der Waals surface area (Å²) >= 11 is 0. The zero-order chi connectivity index (χ0) is 15.1. The van der Waals surface area contributed by atoms with Gasteiger partial charge in [-0.3, -0.25) is 14.4 Å². The summed E-state index contributed by atoms with van der Waals surface area (Å²) in [5, 5.41) is 0. The van der Waals surface area contributed by atoms with Crippen molar-refractivity contribution in [1.82, 2.24) is 9.47 Å². The van der Waals surface area contributed by atoms with Gasteiger partial charge in [0, 0.05) is 0 Å². The molecule has 2 aliphatic rings. The monoisotopic (exact) mass is 294 g/mol. The molecule has 1 fully saturated rings. The Labute approximate surface area is 119 Å². The quantitative estimate of drug-likeness (QED) is 0.705. The first kappa shape index (κ1) is 13.6. The average molecular weight is 294 g/mol. The lowest BCUT2D eigenvalue weighted by atomic mass is 10.1. The highest BCUT2D eigenvalue weighted by atomic mass is 16.5. The van der Waals surface area contributed by atoms with E-state index in [4.69, 9.17) is 9.47 Å². The standard InChI is InChI=1S/C13H14N2O6/c1-7-5-20-9-4-14-3-8(21-6-16)11(17)12(19-2)10(14)13(18)15(7)9/h3,6-7,9H,4-5H2,1-2H3/t7-,9+/m0/s1. The van der Waals surface area contributed by atoms with Crippen molar-refractivity contribution >= 4 is 12.4 Å². The number of hydrogen-bond acceptors (Lipinski definition) is 6. The van der Waals surface area contributed by atoms with E-state index in [2.05, 4.69) is 4.74 Å². The first-order chi connectivity index (χ1) is 10.1. The molecule has 3 heterocycles. The number of fused-ring (bicyclic) bond motifs is 2. The number of carbonyl (C=O) groups excluding carboxylic acids is 2. The van der Waals surface area contributed by atoms with Crippen LogP contribution in [0.3, 0.4) is 0 Å². The van der Waals surface area contributed by atoms with Gasteiger partial charge in [-0.05, 0) is 6.92 Å². The molecule has 0 unspecified atom stereocenters. The van der Waals surface area contributed by atoms with Crippen LogP contribution in [0.4, 0.5) is 0 Å². The third kappa shape index (κ3) is 1.90. The summed E-state index contributed by atoms with van der Waals surface area (Å²) in [6, 6.07) is -0.0676. The van der Waals surface area contributed by atoms with Crippen LogP contribution < -0.4 is 14.9 Å². The van der Waals surface area contributed by atoms with Crippen LogP contribution in [0.1, 0.15) is 17.4 Å². The Morgan fingerprint density at radius 2 is 2.19 bits per heavy atom. The summed E-state index contributed by atoms with van der Waals surface area (Å²) in [7, 11) is 1.30. The van der Waals surface area contributed by atoms with Gasteiger partial charge in [-0.25, -0.2) is 0 Å². The normalized spacial score (nSPS) is 23.5. The van der Waals surface area contributed by atoms with Gasteiger partial charge in [-0.2, -0.15) is 0 Å². The average Bonchev–Trinajstić information content (AvgIpc) is 2.82. The molecular weight excluding hydrogens is 280 g/mol. The number of carbonyl (C=O) groups is 2. The molecule has 112 valence electrons. The lowest BCUT2D eigenvalue weighted by Gasteiger charge is -2.33. The lowest BCUT2D eigenvalue weighted by molar-refractivity contribution is -0.120. The fraction of sp³-hybridized carbons (Fsp3) is 0.462. The van der Waals surface area contributed by atoms with Gasteiger partial charge < -0.3 is 23.7 Å². The number of nitrogens with zero attached hydrogens (tertiary/aromatic N) is 2. The number of rotatable bonds is 3. The maximum absolute atomic E-state index is 12.6. The van der Waals surface area contributed by atoms with Gasteiger partial charge in [-0.15, -0.1) is 0 Å². The molecule has 0 N–H and O–H groups in total. The van der Waals surface area contributed by atoms with E-state index in [1.807, 2.05) is 6.92 Å². The van der Waals surface area contributed by atoms with E-state index in [0.717, 1.165) is 0 Å². The number of ether oxygens (including phenoxy) is 3. The molecular formula is C13H14N2O6. The molecule has 0 aromatic carbocycles.